The molecule has 1 aliphatic carbocycles. The van der Waals surface area contributed by atoms with Gasteiger partial charge in [-0.2, -0.15) is 5.10 Å². The predicted molar refractivity (Wildman–Crippen MR) is 74.3 cm³/mol. The van der Waals surface area contributed by atoms with E-state index in [0.717, 1.165) is 0 Å². The summed E-state index contributed by atoms with van der Waals surface area (Å²) in [6, 6.07) is 0. The lowest BCUT2D eigenvalue weighted by atomic mass is 10.1. The van der Waals surface area contributed by atoms with E-state index in [1.807, 2.05) is 0 Å². The highest BCUT2D eigenvalue weighted by atomic mass is 15.5. The van der Waals surface area contributed by atoms with Crippen LogP contribution in [0.4, 0.5) is 0 Å². The lowest BCUT2D eigenvalue weighted by molar-refractivity contribution is 0.239. The van der Waals surface area contributed by atoms with Crippen molar-refractivity contribution >= 4 is 5.71 Å². The highest BCUT2D eigenvalue weighted by Crippen LogP contribution is 2.24. The van der Waals surface area contributed by atoms with E-state index in [1.54, 1.807) is 0 Å². The van der Waals surface area contributed by atoms with Gasteiger partial charge >= 0.3 is 0 Å². The summed E-state index contributed by atoms with van der Waals surface area (Å²) in [6.45, 7) is 4.61. The second-order valence-corrected chi connectivity index (χ2v) is 5.31. The maximum Gasteiger partial charge on any atom is 0.0637 e. The molecule has 1 saturated heterocycles. The van der Waals surface area contributed by atoms with E-state index < -0.39 is 0 Å². The molecule has 96 valence electrons. The van der Waals surface area contributed by atoms with Gasteiger partial charge in [-0.15, -0.1) is 0 Å². The molecule has 1 aliphatic heterocycles. The Morgan fingerprint density at radius 1 is 1.18 bits per heavy atom. The highest BCUT2D eigenvalue weighted by molar-refractivity contribution is 6.03. The third-order valence-corrected chi connectivity index (χ3v) is 3.64. The highest BCUT2D eigenvalue weighted by Gasteiger charge is 2.17. The second-order valence-electron chi connectivity index (χ2n) is 5.31. The van der Waals surface area contributed by atoms with Gasteiger partial charge in [0.1, 0.15) is 0 Å². The monoisotopic (exact) mass is 234 g/mol. The van der Waals surface area contributed by atoms with Crippen molar-refractivity contribution in [2.24, 2.45) is 5.10 Å². The number of hydrazone groups is 1. The third kappa shape index (κ3) is 4.53. The van der Waals surface area contributed by atoms with Crippen molar-refractivity contribution in [1.82, 2.24) is 5.01 Å². The van der Waals surface area contributed by atoms with Crippen molar-refractivity contribution in [1.29, 1.82) is 0 Å². The Labute approximate surface area is 106 Å². The first-order valence-electron chi connectivity index (χ1n) is 7.42. The Morgan fingerprint density at radius 3 is 2.59 bits per heavy atom. The van der Waals surface area contributed by atoms with Crippen molar-refractivity contribution in [3.8, 4) is 0 Å². The topological polar surface area (TPSA) is 15.6 Å². The van der Waals surface area contributed by atoms with Crippen LogP contribution in [0.5, 0.6) is 0 Å². The maximum atomic E-state index is 4.88. The predicted octanol–water partition coefficient (Wildman–Crippen LogP) is 4.13. The van der Waals surface area contributed by atoms with Crippen molar-refractivity contribution < 1.29 is 0 Å². The van der Waals surface area contributed by atoms with Crippen LogP contribution >= 0.6 is 0 Å². The molecule has 0 N–H and O–H groups in total. The van der Waals surface area contributed by atoms with Gasteiger partial charge < -0.3 is 0 Å². The van der Waals surface area contributed by atoms with E-state index >= 15 is 0 Å². The summed E-state index contributed by atoms with van der Waals surface area (Å²) in [4.78, 5) is 0. The van der Waals surface area contributed by atoms with Crippen LogP contribution in [-0.2, 0) is 0 Å². The Balaban J connectivity index is 1.79. The molecule has 0 aromatic rings. The minimum atomic E-state index is 1.17. The van der Waals surface area contributed by atoms with Gasteiger partial charge in [0.05, 0.1) is 5.71 Å². The number of piperidine rings is 1. The van der Waals surface area contributed by atoms with Gasteiger partial charge in [0.2, 0.25) is 0 Å². The van der Waals surface area contributed by atoms with Crippen LogP contribution in [-0.4, -0.2) is 23.8 Å². The Hall–Kier alpha value is -0.790. The van der Waals surface area contributed by atoms with E-state index in [0.29, 0.717) is 0 Å². The fourth-order valence-corrected chi connectivity index (χ4v) is 2.43. The molecule has 0 bridgehead atoms. The molecule has 0 unspecified atom stereocenters. The average Bonchev–Trinajstić information content (AvgIpc) is 3.19. The average molecular weight is 234 g/mol. The van der Waals surface area contributed by atoms with Crippen LogP contribution < -0.4 is 0 Å². The van der Waals surface area contributed by atoms with Gasteiger partial charge in [-0.3, -0.25) is 5.01 Å². The van der Waals surface area contributed by atoms with Crippen LogP contribution in [0.25, 0.3) is 0 Å². The summed E-state index contributed by atoms with van der Waals surface area (Å²) >= 11 is 0. The third-order valence-electron chi connectivity index (χ3n) is 3.64. The number of nitrogens with zero attached hydrogens (tertiary/aromatic N) is 2. The first-order chi connectivity index (χ1) is 8.40. The smallest absolute Gasteiger partial charge is 0.0637 e. The molecule has 0 amide bonds. The van der Waals surface area contributed by atoms with E-state index in [4.69, 9.17) is 5.10 Å². The lowest BCUT2D eigenvalue weighted by Crippen LogP contribution is -2.26. The zero-order valence-electron chi connectivity index (χ0n) is 11.2. The number of allylic oxidation sites excluding steroid dienone is 2. The molecule has 0 aromatic carbocycles. The Bertz CT molecular complexity index is 285. The molecule has 2 aliphatic rings. The molecule has 0 radical (unpaired) electrons. The molecule has 0 aromatic heterocycles. The van der Waals surface area contributed by atoms with Gasteiger partial charge in [0.25, 0.3) is 0 Å². The van der Waals surface area contributed by atoms with Crippen LogP contribution in [0.2, 0.25) is 0 Å². The van der Waals surface area contributed by atoms with Crippen molar-refractivity contribution in [3.63, 3.8) is 0 Å². The van der Waals surface area contributed by atoms with Gasteiger partial charge in [-0.05, 0) is 44.1 Å². The first kappa shape index (κ1) is 12.7. The van der Waals surface area contributed by atoms with Crippen molar-refractivity contribution in [2.75, 3.05) is 13.1 Å². The zero-order valence-corrected chi connectivity index (χ0v) is 11.2. The summed E-state index contributed by atoms with van der Waals surface area (Å²) in [5, 5.41) is 7.18. The van der Waals surface area contributed by atoms with Crippen molar-refractivity contribution in [2.45, 2.75) is 64.7 Å². The molecule has 2 rings (SSSR count). The van der Waals surface area contributed by atoms with E-state index in [2.05, 4.69) is 18.0 Å². The molecule has 0 saturated carbocycles. The van der Waals surface area contributed by atoms with E-state index in [9.17, 15) is 0 Å². The minimum Gasteiger partial charge on any atom is -0.297 e. The molecule has 17 heavy (non-hydrogen) atoms. The Morgan fingerprint density at radius 2 is 1.94 bits per heavy atom. The summed E-state index contributed by atoms with van der Waals surface area (Å²) < 4.78 is 0. The van der Waals surface area contributed by atoms with Crippen LogP contribution in [0.3, 0.4) is 0 Å². The summed E-state index contributed by atoms with van der Waals surface area (Å²) in [6.07, 6.45) is 14.1. The normalized spacial score (nSPS) is 20.4. The minimum absolute atomic E-state index is 1.17. The largest absolute Gasteiger partial charge is 0.297 e. The summed E-state index contributed by atoms with van der Waals surface area (Å²) in [7, 11) is 0. The van der Waals surface area contributed by atoms with Gasteiger partial charge in [-0.25, -0.2) is 0 Å². The Kier molecular flexibility index (Phi) is 5.08. The zero-order chi connectivity index (χ0) is 11.9. The lowest BCUT2D eigenvalue weighted by Gasteiger charge is -2.24. The molecule has 2 nitrogen and oxygen atoms in total. The van der Waals surface area contributed by atoms with E-state index in [-0.39, 0.29) is 0 Å². The molecule has 1 fully saturated rings. The fraction of sp³-hybridized carbons (Fsp3) is 0.800. The second kappa shape index (κ2) is 6.83. The standard InChI is InChI=1S/C15H26N2/c1-2-3-4-6-9-15(14-10-11-14)16-17-12-7-5-8-13-17/h10H,2-9,11-13H2,1H3/b16-15+. The number of rotatable bonds is 7. The summed E-state index contributed by atoms with van der Waals surface area (Å²) in [5.41, 5.74) is 2.91. The molecular formula is C15H26N2. The summed E-state index contributed by atoms with van der Waals surface area (Å²) in [5.74, 6) is 0. The molecular weight excluding hydrogens is 208 g/mol. The first-order valence-corrected chi connectivity index (χ1v) is 7.42. The number of unbranched alkanes of at least 4 members (excludes halogenated alkanes) is 3. The van der Waals surface area contributed by atoms with E-state index in [1.165, 1.54) is 82.2 Å². The maximum absolute atomic E-state index is 4.88. The van der Waals surface area contributed by atoms with Crippen molar-refractivity contribution in [3.05, 3.63) is 11.6 Å². The number of hydrogen-bond donors (Lipinski definition) is 0. The van der Waals surface area contributed by atoms with Gasteiger partial charge in [-0.1, -0.05) is 32.3 Å². The fourth-order valence-electron chi connectivity index (χ4n) is 2.43. The number of hydrogen-bond acceptors (Lipinski definition) is 2. The van der Waals surface area contributed by atoms with Gasteiger partial charge in [0, 0.05) is 13.1 Å². The van der Waals surface area contributed by atoms with Gasteiger partial charge in [0.15, 0.2) is 0 Å². The quantitative estimate of drug-likeness (QED) is 0.478. The molecule has 1 heterocycles. The SMILES string of the molecule is CCCCCC/C(=N\N1CCCCC1)C1=CC1. The molecule has 0 atom stereocenters. The van der Waals surface area contributed by atoms with Crippen LogP contribution in [0.1, 0.15) is 64.7 Å². The molecule has 0 spiro atoms. The van der Waals surface area contributed by atoms with Crippen LogP contribution in [0, 0.1) is 0 Å². The molecule has 2 heteroatoms. The van der Waals surface area contributed by atoms with Crippen LogP contribution in [0.15, 0.2) is 16.8 Å².